The first-order chi connectivity index (χ1) is 10.3. The summed E-state index contributed by atoms with van der Waals surface area (Å²) in [5.41, 5.74) is 1.58. The Balaban J connectivity index is 1.62. The van der Waals surface area contributed by atoms with Gasteiger partial charge in [0.1, 0.15) is 5.51 Å². The number of likely N-dealkylation sites (tertiary alicyclic amines) is 1. The molecule has 0 radical (unpaired) electrons. The van der Waals surface area contributed by atoms with Crippen LogP contribution in [0.2, 0.25) is 0 Å². The van der Waals surface area contributed by atoms with Crippen molar-refractivity contribution in [1.29, 1.82) is 0 Å². The van der Waals surface area contributed by atoms with Gasteiger partial charge in [0.05, 0.1) is 12.6 Å². The quantitative estimate of drug-likeness (QED) is 0.888. The molecule has 0 aromatic carbocycles. The van der Waals surface area contributed by atoms with E-state index in [0.29, 0.717) is 23.4 Å². The number of amides is 1. The average molecular weight is 308 g/mol. The summed E-state index contributed by atoms with van der Waals surface area (Å²) in [6.45, 7) is 3.11. The molecule has 1 atom stereocenters. The summed E-state index contributed by atoms with van der Waals surface area (Å²) in [7, 11) is 0. The maximum absolute atomic E-state index is 12.0. The van der Waals surface area contributed by atoms with Gasteiger partial charge in [-0.2, -0.15) is 4.98 Å². The van der Waals surface area contributed by atoms with E-state index in [1.54, 1.807) is 5.51 Å². The van der Waals surface area contributed by atoms with Crippen LogP contribution in [0.15, 0.2) is 10.0 Å². The first kappa shape index (κ1) is 14.1. The highest BCUT2D eigenvalue weighted by Gasteiger charge is 2.31. The van der Waals surface area contributed by atoms with E-state index in [4.69, 9.17) is 4.52 Å². The second-order valence-corrected chi connectivity index (χ2v) is 5.65. The second kappa shape index (κ2) is 6.27. The molecule has 21 heavy (non-hydrogen) atoms. The van der Waals surface area contributed by atoms with E-state index < -0.39 is 0 Å². The molecular weight excluding hydrogens is 292 g/mol. The van der Waals surface area contributed by atoms with Gasteiger partial charge in [-0.15, -0.1) is 10.2 Å². The van der Waals surface area contributed by atoms with Gasteiger partial charge in [0.15, 0.2) is 5.82 Å². The number of hydrogen-bond acceptors (Lipinski definition) is 8. The van der Waals surface area contributed by atoms with E-state index in [1.165, 1.54) is 11.3 Å². The highest BCUT2D eigenvalue weighted by atomic mass is 32.1. The predicted molar refractivity (Wildman–Crippen MR) is 75.8 cm³/mol. The minimum atomic E-state index is -0.0992. The third-order valence-electron chi connectivity index (χ3n) is 3.40. The molecule has 1 saturated heterocycles. The number of anilines is 1. The van der Waals surface area contributed by atoms with Gasteiger partial charge in [-0.05, 0) is 19.4 Å². The van der Waals surface area contributed by atoms with Gasteiger partial charge in [0.2, 0.25) is 16.9 Å². The Hall–Kier alpha value is -1.87. The van der Waals surface area contributed by atoms with Crippen molar-refractivity contribution in [3.05, 3.63) is 17.2 Å². The van der Waals surface area contributed by atoms with Crippen molar-refractivity contribution in [2.24, 2.45) is 0 Å². The van der Waals surface area contributed by atoms with E-state index in [-0.39, 0.29) is 11.9 Å². The van der Waals surface area contributed by atoms with Crippen LogP contribution in [0.25, 0.3) is 0 Å². The molecule has 1 N–H and O–H groups in total. The van der Waals surface area contributed by atoms with Gasteiger partial charge in [-0.1, -0.05) is 23.4 Å². The summed E-state index contributed by atoms with van der Waals surface area (Å²) in [5, 5.41) is 14.8. The molecule has 112 valence electrons. The summed E-state index contributed by atoms with van der Waals surface area (Å²) in [6, 6.07) is 0.0502. The van der Waals surface area contributed by atoms with Gasteiger partial charge in [0, 0.05) is 6.42 Å². The van der Waals surface area contributed by atoms with Crippen LogP contribution in [-0.4, -0.2) is 44.2 Å². The Morgan fingerprint density at radius 2 is 2.52 bits per heavy atom. The molecule has 8 nitrogen and oxygen atoms in total. The van der Waals surface area contributed by atoms with Crippen LogP contribution in [0, 0.1) is 0 Å². The van der Waals surface area contributed by atoms with Crippen molar-refractivity contribution in [3.63, 3.8) is 0 Å². The highest BCUT2D eigenvalue weighted by Crippen LogP contribution is 2.29. The minimum Gasteiger partial charge on any atom is -0.339 e. The Kier molecular flexibility index (Phi) is 4.20. The van der Waals surface area contributed by atoms with Crippen molar-refractivity contribution in [2.75, 3.05) is 18.4 Å². The first-order valence-electron chi connectivity index (χ1n) is 6.89. The zero-order valence-corrected chi connectivity index (χ0v) is 12.5. The lowest BCUT2D eigenvalue weighted by Crippen LogP contribution is -2.33. The summed E-state index contributed by atoms with van der Waals surface area (Å²) in [5.74, 6) is 1.21. The van der Waals surface area contributed by atoms with Crippen LogP contribution in [0.4, 0.5) is 5.13 Å². The average Bonchev–Trinajstić information content (AvgIpc) is 3.18. The number of carbonyl (C=O) groups excluding carboxylic acids is 1. The van der Waals surface area contributed by atoms with Crippen LogP contribution < -0.4 is 5.32 Å². The van der Waals surface area contributed by atoms with Crippen molar-refractivity contribution in [3.8, 4) is 0 Å². The van der Waals surface area contributed by atoms with Gasteiger partial charge >= 0.3 is 0 Å². The Morgan fingerprint density at radius 1 is 1.62 bits per heavy atom. The molecule has 3 heterocycles. The summed E-state index contributed by atoms with van der Waals surface area (Å²) < 4.78 is 5.16. The lowest BCUT2D eigenvalue weighted by Gasteiger charge is -2.20. The Labute approximate surface area is 125 Å². The molecular formula is C12H16N6O2S. The van der Waals surface area contributed by atoms with Crippen LogP contribution in [0.3, 0.4) is 0 Å². The van der Waals surface area contributed by atoms with Crippen LogP contribution in [-0.2, 0) is 11.2 Å². The Morgan fingerprint density at radius 3 is 3.24 bits per heavy atom. The molecule has 0 aliphatic carbocycles. The number of rotatable bonds is 5. The van der Waals surface area contributed by atoms with Crippen molar-refractivity contribution < 1.29 is 9.32 Å². The second-order valence-electron chi connectivity index (χ2n) is 4.82. The molecule has 1 aliphatic heterocycles. The summed E-state index contributed by atoms with van der Waals surface area (Å²) in [4.78, 5) is 18.5. The zero-order chi connectivity index (χ0) is 14.7. The SMILES string of the molecule is CCc1nc(C2CCCN2CC(=O)Nc2nncs2)no1. The van der Waals surface area contributed by atoms with Gasteiger partial charge in [-0.25, -0.2) is 0 Å². The monoisotopic (exact) mass is 308 g/mol. The summed E-state index contributed by atoms with van der Waals surface area (Å²) in [6.07, 6.45) is 2.68. The lowest BCUT2D eigenvalue weighted by molar-refractivity contribution is -0.117. The maximum Gasteiger partial charge on any atom is 0.240 e. The summed E-state index contributed by atoms with van der Waals surface area (Å²) >= 11 is 1.30. The van der Waals surface area contributed by atoms with E-state index in [2.05, 4.69) is 30.6 Å². The van der Waals surface area contributed by atoms with Crippen LogP contribution in [0.5, 0.6) is 0 Å². The molecule has 0 saturated carbocycles. The van der Waals surface area contributed by atoms with Gasteiger partial charge in [0.25, 0.3) is 0 Å². The molecule has 1 unspecified atom stereocenters. The van der Waals surface area contributed by atoms with Crippen LogP contribution in [0.1, 0.15) is 37.5 Å². The van der Waals surface area contributed by atoms with Gasteiger partial charge < -0.3 is 4.52 Å². The third-order valence-corrected chi connectivity index (χ3v) is 4.01. The fourth-order valence-corrected chi connectivity index (χ4v) is 2.89. The number of nitrogens with zero attached hydrogens (tertiary/aromatic N) is 5. The molecule has 9 heteroatoms. The fraction of sp³-hybridized carbons (Fsp3) is 0.583. The number of aryl methyl sites for hydroxylation is 1. The number of hydrogen-bond donors (Lipinski definition) is 1. The van der Waals surface area contributed by atoms with E-state index >= 15 is 0 Å². The third kappa shape index (κ3) is 3.24. The first-order valence-corrected chi connectivity index (χ1v) is 7.76. The van der Waals surface area contributed by atoms with Crippen molar-refractivity contribution in [1.82, 2.24) is 25.2 Å². The molecule has 1 aliphatic rings. The molecule has 1 fully saturated rings. The number of carbonyl (C=O) groups is 1. The normalized spacial score (nSPS) is 19.0. The van der Waals surface area contributed by atoms with E-state index in [1.807, 2.05) is 6.92 Å². The van der Waals surface area contributed by atoms with E-state index in [9.17, 15) is 4.79 Å². The Bertz CT molecular complexity index is 599. The maximum atomic E-state index is 12.0. The molecule has 1 amide bonds. The van der Waals surface area contributed by atoms with Crippen LogP contribution >= 0.6 is 11.3 Å². The standard InChI is InChI=1S/C12H16N6O2S/c1-2-10-15-11(17-20-10)8-4-3-5-18(8)6-9(19)14-12-16-13-7-21-12/h7-8H,2-6H2,1H3,(H,14,16,19). The molecule has 2 aromatic rings. The molecule has 3 rings (SSSR count). The largest absolute Gasteiger partial charge is 0.339 e. The zero-order valence-electron chi connectivity index (χ0n) is 11.7. The molecule has 0 bridgehead atoms. The number of aromatic nitrogens is 4. The smallest absolute Gasteiger partial charge is 0.240 e. The molecule has 2 aromatic heterocycles. The minimum absolute atomic E-state index is 0.0502. The fourth-order valence-electron chi connectivity index (χ4n) is 2.43. The van der Waals surface area contributed by atoms with E-state index in [0.717, 1.165) is 25.8 Å². The van der Waals surface area contributed by atoms with Crippen molar-refractivity contribution in [2.45, 2.75) is 32.2 Å². The van der Waals surface area contributed by atoms with Gasteiger partial charge in [-0.3, -0.25) is 15.0 Å². The van der Waals surface area contributed by atoms with Crippen molar-refractivity contribution >= 4 is 22.4 Å². The topological polar surface area (TPSA) is 97.0 Å². The lowest BCUT2D eigenvalue weighted by atomic mass is 10.2. The molecule has 0 spiro atoms. The predicted octanol–water partition coefficient (Wildman–Crippen LogP) is 1.26. The highest BCUT2D eigenvalue weighted by molar-refractivity contribution is 7.13. The number of nitrogens with one attached hydrogen (secondary N) is 1.